The summed E-state index contributed by atoms with van der Waals surface area (Å²) in [6, 6.07) is 5.38. The molecule has 1 atom stereocenters. The summed E-state index contributed by atoms with van der Waals surface area (Å²) in [6.45, 7) is 1.10. The van der Waals surface area contributed by atoms with Gasteiger partial charge in [0.15, 0.2) is 0 Å². The van der Waals surface area contributed by atoms with Crippen molar-refractivity contribution in [2.75, 3.05) is 31.1 Å². The molecule has 1 N–H and O–H groups in total. The second kappa shape index (κ2) is 5.48. The smallest absolute Gasteiger partial charge is 0.368 e. The number of para-hydroxylation sites is 1. The lowest BCUT2D eigenvalue weighted by Crippen LogP contribution is -2.47. The van der Waals surface area contributed by atoms with Crippen molar-refractivity contribution < 1.29 is 21.9 Å². The third kappa shape index (κ3) is 3.26. The van der Waals surface area contributed by atoms with Crippen molar-refractivity contribution in [2.24, 2.45) is 0 Å². The van der Waals surface area contributed by atoms with Crippen molar-refractivity contribution >= 4 is 17.0 Å². The van der Waals surface area contributed by atoms with Crippen molar-refractivity contribution in [1.29, 1.82) is 0 Å². The number of anilines is 1. The lowest BCUT2D eigenvalue weighted by atomic mass is 10.1. The summed E-state index contributed by atoms with van der Waals surface area (Å²) in [6.07, 6.45) is -4.40. The lowest BCUT2D eigenvalue weighted by Gasteiger charge is -2.35. The van der Waals surface area contributed by atoms with Crippen LogP contribution in [0.2, 0.25) is 0 Å². The minimum Gasteiger partial charge on any atom is -0.368 e. The molecular weight excluding hydrogens is 281 g/mol. The second-order valence-corrected chi connectivity index (χ2v) is 5.14. The monoisotopic (exact) mass is 294 g/mol. The van der Waals surface area contributed by atoms with Gasteiger partial charge in [-0.1, -0.05) is 12.1 Å². The highest BCUT2D eigenvalue weighted by molar-refractivity contribution is 7.76. The predicted molar refractivity (Wildman–Crippen MR) is 66.0 cm³/mol. The molecule has 0 aliphatic carbocycles. The summed E-state index contributed by atoms with van der Waals surface area (Å²) in [5.41, 5.74) is -0.549. The quantitative estimate of drug-likeness (QED) is 0.848. The van der Waals surface area contributed by atoms with Crippen LogP contribution in [0.4, 0.5) is 18.9 Å². The molecule has 0 amide bonds. The van der Waals surface area contributed by atoms with Crippen molar-refractivity contribution in [1.82, 2.24) is 4.31 Å². The van der Waals surface area contributed by atoms with Gasteiger partial charge in [0, 0.05) is 31.9 Å². The Hall–Kier alpha value is -1.12. The first-order chi connectivity index (χ1) is 8.89. The molecule has 1 heterocycles. The molecule has 1 aliphatic heterocycles. The van der Waals surface area contributed by atoms with Gasteiger partial charge in [-0.05, 0) is 12.1 Å². The number of rotatable bonds is 2. The van der Waals surface area contributed by atoms with Gasteiger partial charge >= 0.3 is 6.18 Å². The average Bonchev–Trinajstić information content (AvgIpc) is 2.38. The van der Waals surface area contributed by atoms with E-state index in [9.17, 15) is 17.4 Å². The third-order valence-corrected chi connectivity index (χ3v) is 3.82. The fraction of sp³-hybridized carbons (Fsp3) is 0.455. The van der Waals surface area contributed by atoms with Gasteiger partial charge < -0.3 is 4.90 Å². The maximum atomic E-state index is 12.9. The number of benzene rings is 1. The predicted octanol–water partition coefficient (Wildman–Crippen LogP) is 1.96. The van der Waals surface area contributed by atoms with Gasteiger partial charge in [0.2, 0.25) is 11.3 Å². The largest absolute Gasteiger partial charge is 0.418 e. The summed E-state index contributed by atoms with van der Waals surface area (Å²) in [7, 11) is 0. The molecule has 0 aromatic heterocycles. The van der Waals surface area contributed by atoms with Gasteiger partial charge in [-0.2, -0.15) is 17.5 Å². The van der Waals surface area contributed by atoms with Crippen LogP contribution in [-0.2, 0) is 17.4 Å². The van der Waals surface area contributed by atoms with E-state index in [-0.39, 0.29) is 18.8 Å². The van der Waals surface area contributed by atoms with E-state index in [2.05, 4.69) is 0 Å². The summed E-state index contributed by atoms with van der Waals surface area (Å²) < 4.78 is 59.7. The average molecular weight is 294 g/mol. The molecule has 1 aromatic carbocycles. The lowest BCUT2D eigenvalue weighted by molar-refractivity contribution is -0.137. The van der Waals surface area contributed by atoms with E-state index in [4.69, 9.17) is 4.55 Å². The Bertz CT molecular complexity index is 473. The summed E-state index contributed by atoms with van der Waals surface area (Å²) in [4.78, 5) is 1.59. The SMILES string of the molecule is O=S(O)N1CCN(c2ccccc2C(F)(F)F)CC1. The number of alkyl halides is 3. The van der Waals surface area contributed by atoms with E-state index < -0.39 is 23.0 Å². The van der Waals surface area contributed by atoms with E-state index >= 15 is 0 Å². The topological polar surface area (TPSA) is 43.8 Å². The summed E-state index contributed by atoms with van der Waals surface area (Å²) in [5, 5.41) is 0. The minimum atomic E-state index is -4.40. The zero-order chi connectivity index (χ0) is 14.0. The highest BCUT2D eigenvalue weighted by atomic mass is 32.2. The molecule has 2 rings (SSSR count). The maximum absolute atomic E-state index is 12.9. The van der Waals surface area contributed by atoms with Gasteiger partial charge in [0.1, 0.15) is 0 Å². The molecule has 1 aromatic rings. The molecule has 4 nitrogen and oxygen atoms in total. The molecule has 106 valence electrons. The van der Waals surface area contributed by atoms with E-state index in [0.29, 0.717) is 13.1 Å². The van der Waals surface area contributed by atoms with Crippen LogP contribution in [0, 0.1) is 0 Å². The number of hydrogen-bond acceptors (Lipinski definition) is 2. The molecular formula is C11H13F3N2O2S. The van der Waals surface area contributed by atoms with E-state index in [0.717, 1.165) is 6.07 Å². The van der Waals surface area contributed by atoms with Gasteiger partial charge in [0.25, 0.3) is 0 Å². The van der Waals surface area contributed by atoms with Crippen LogP contribution in [0.1, 0.15) is 5.56 Å². The molecule has 1 saturated heterocycles. The number of nitrogens with zero attached hydrogens (tertiary/aromatic N) is 2. The molecule has 0 saturated carbocycles. The zero-order valence-corrected chi connectivity index (χ0v) is 10.7. The van der Waals surface area contributed by atoms with Crippen LogP contribution in [0.5, 0.6) is 0 Å². The molecule has 0 bridgehead atoms. The molecule has 0 spiro atoms. The van der Waals surface area contributed by atoms with E-state index in [1.54, 1.807) is 11.0 Å². The Morgan fingerprint density at radius 2 is 1.68 bits per heavy atom. The Balaban J connectivity index is 2.18. The Morgan fingerprint density at radius 1 is 1.11 bits per heavy atom. The summed E-state index contributed by atoms with van der Waals surface area (Å²) in [5.74, 6) is 0. The first kappa shape index (κ1) is 14.3. The first-order valence-corrected chi connectivity index (χ1v) is 6.73. The van der Waals surface area contributed by atoms with Crippen molar-refractivity contribution in [3.8, 4) is 0 Å². The third-order valence-electron chi connectivity index (χ3n) is 3.01. The molecule has 1 aliphatic rings. The van der Waals surface area contributed by atoms with Crippen LogP contribution in [-0.4, -0.2) is 39.2 Å². The van der Waals surface area contributed by atoms with Crippen LogP contribution in [0.25, 0.3) is 0 Å². The highest BCUT2D eigenvalue weighted by Crippen LogP contribution is 2.36. The molecule has 1 fully saturated rings. The van der Waals surface area contributed by atoms with Crippen LogP contribution < -0.4 is 4.90 Å². The van der Waals surface area contributed by atoms with E-state index in [1.807, 2.05) is 0 Å². The number of hydrogen-bond donors (Lipinski definition) is 1. The Kier molecular flexibility index (Phi) is 4.12. The Labute approximate surface area is 111 Å². The van der Waals surface area contributed by atoms with Gasteiger partial charge in [-0.25, -0.2) is 4.21 Å². The van der Waals surface area contributed by atoms with Crippen molar-refractivity contribution in [3.05, 3.63) is 29.8 Å². The second-order valence-electron chi connectivity index (χ2n) is 4.16. The number of piperazine rings is 1. The molecule has 8 heteroatoms. The first-order valence-electron chi connectivity index (χ1n) is 5.66. The van der Waals surface area contributed by atoms with Crippen molar-refractivity contribution in [3.63, 3.8) is 0 Å². The zero-order valence-electron chi connectivity index (χ0n) is 9.93. The van der Waals surface area contributed by atoms with Crippen LogP contribution in [0.3, 0.4) is 0 Å². The van der Waals surface area contributed by atoms with Crippen LogP contribution in [0.15, 0.2) is 24.3 Å². The fourth-order valence-electron chi connectivity index (χ4n) is 2.07. The van der Waals surface area contributed by atoms with Gasteiger partial charge in [-0.3, -0.25) is 4.55 Å². The maximum Gasteiger partial charge on any atom is 0.418 e. The van der Waals surface area contributed by atoms with Gasteiger partial charge in [-0.15, -0.1) is 0 Å². The molecule has 19 heavy (non-hydrogen) atoms. The number of halogens is 3. The summed E-state index contributed by atoms with van der Waals surface area (Å²) >= 11 is -2.06. The highest BCUT2D eigenvalue weighted by Gasteiger charge is 2.35. The standard InChI is InChI=1S/C11H13F3N2O2S/c12-11(13,14)9-3-1-2-4-10(9)15-5-7-16(8-6-15)19(17)18/h1-4H,5-8H2,(H,17,18). The Morgan fingerprint density at radius 3 is 2.21 bits per heavy atom. The van der Waals surface area contributed by atoms with Gasteiger partial charge in [0.05, 0.1) is 5.56 Å². The minimum absolute atomic E-state index is 0.123. The van der Waals surface area contributed by atoms with Crippen LogP contribution >= 0.6 is 0 Å². The van der Waals surface area contributed by atoms with E-state index in [1.165, 1.54) is 16.4 Å². The molecule has 0 radical (unpaired) electrons. The molecule has 1 unspecified atom stereocenters. The fourth-order valence-corrected chi connectivity index (χ4v) is 2.55. The normalized spacial score (nSPS) is 19.5. The van der Waals surface area contributed by atoms with Crippen molar-refractivity contribution in [2.45, 2.75) is 6.18 Å².